The number of rotatable bonds is 14. The molecule has 0 aromatic heterocycles. The third kappa shape index (κ3) is 9.04. The van der Waals surface area contributed by atoms with Crippen molar-refractivity contribution in [2.75, 3.05) is 19.8 Å². The Balaban J connectivity index is 1.00. The molecule has 3 heterocycles. The minimum absolute atomic E-state index is 0.0155. The quantitative estimate of drug-likeness (QED) is 0.0944. The van der Waals surface area contributed by atoms with Gasteiger partial charge in [-0.05, 0) is 93.3 Å². The number of allylic oxidation sites excluding steroid dienone is 1. The van der Waals surface area contributed by atoms with Crippen molar-refractivity contribution < 1.29 is 94.5 Å². The van der Waals surface area contributed by atoms with Gasteiger partial charge in [0.15, 0.2) is 24.7 Å². The second-order valence-corrected chi connectivity index (χ2v) is 22.8. The van der Waals surface area contributed by atoms with Gasteiger partial charge in [-0.15, -0.1) is 0 Å². The van der Waals surface area contributed by atoms with E-state index >= 15 is 0 Å². The number of ether oxygens (including phenoxy) is 6. The molecule has 7 rings (SSSR count). The molecule has 6 fully saturated rings. The topological polar surface area (TPSA) is 315 Å². The smallest absolute Gasteiger partial charge is 0.187 e. The molecule has 0 amide bonds. The molecule has 24 atom stereocenters. The molecule has 0 bridgehead atoms. The van der Waals surface area contributed by atoms with Crippen molar-refractivity contribution in [2.24, 2.45) is 45.3 Å². The molecule has 19 heteroatoms. The van der Waals surface area contributed by atoms with Gasteiger partial charge in [0, 0.05) is 17.3 Å². The van der Waals surface area contributed by atoms with Crippen molar-refractivity contribution in [1.82, 2.24) is 0 Å². The minimum atomic E-state index is -1.69. The van der Waals surface area contributed by atoms with E-state index in [1.807, 2.05) is 0 Å². The standard InChI is InChI=1S/C48H80O19/c1-21(9-13-29(51)45(4,5)67-43-40(61)36(57)33(54)26(19-50)64-43)22-15-16-46(6)28-12-10-23-24(48(28,8)30(52)17-47(22,46)7)11-14-31(44(23,2)3)66-42-39(60)37(58)34(55)27(65-42)20-62-41-38(59)35(56)32(53)25(18-49)63-41/h10,21-22,24-28,30-43,49-50,52-61H,9,11-20H2,1-8H3/t21-,22-,24-,25-,26-,27-,28+,30-,31+,32-,33-,34-,35+,36+,37+,38-,39-,40-,41-,42+,43+,46+,47-,48+/m1/s1. The van der Waals surface area contributed by atoms with Crippen LogP contribution in [-0.2, 0) is 33.2 Å². The van der Waals surface area contributed by atoms with Crippen molar-refractivity contribution in [3.63, 3.8) is 0 Å². The first kappa shape index (κ1) is 53.5. The molecule has 386 valence electrons. The van der Waals surface area contributed by atoms with Crippen LogP contribution in [0.25, 0.3) is 0 Å². The van der Waals surface area contributed by atoms with Crippen LogP contribution in [-0.4, -0.2) is 197 Å². The van der Waals surface area contributed by atoms with Gasteiger partial charge in [-0.2, -0.15) is 0 Å². The van der Waals surface area contributed by atoms with Crippen molar-refractivity contribution in [3.8, 4) is 0 Å². The third-order valence-electron chi connectivity index (χ3n) is 18.6. The summed E-state index contributed by atoms with van der Waals surface area (Å²) < 4.78 is 35.0. The maximum atomic E-state index is 13.7. The maximum absolute atomic E-state index is 13.7. The summed E-state index contributed by atoms with van der Waals surface area (Å²) in [5.74, 6) is 0.274. The summed E-state index contributed by atoms with van der Waals surface area (Å²) >= 11 is 0. The summed E-state index contributed by atoms with van der Waals surface area (Å²) in [6, 6.07) is 0. The van der Waals surface area contributed by atoms with E-state index in [0.29, 0.717) is 25.7 Å². The predicted octanol–water partition coefficient (Wildman–Crippen LogP) is -0.848. The number of hydrogen-bond donors (Lipinski definition) is 12. The van der Waals surface area contributed by atoms with Crippen LogP contribution in [0.3, 0.4) is 0 Å². The predicted molar refractivity (Wildman–Crippen MR) is 234 cm³/mol. The summed E-state index contributed by atoms with van der Waals surface area (Å²) in [6.07, 6.45) is -16.3. The minimum Gasteiger partial charge on any atom is -0.394 e. The molecule has 19 nitrogen and oxygen atoms in total. The van der Waals surface area contributed by atoms with Crippen molar-refractivity contribution in [3.05, 3.63) is 11.6 Å². The van der Waals surface area contributed by atoms with Crippen LogP contribution in [0.5, 0.6) is 0 Å². The molecule has 3 saturated heterocycles. The lowest BCUT2D eigenvalue weighted by atomic mass is 9.38. The second kappa shape index (κ2) is 19.6. The number of aliphatic hydroxyl groups is 12. The first-order chi connectivity index (χ1) is 31.2. The molecule has 3 aliphatic heterocycles. The zero-order valence-electron chi connectivity index (χ0n) is 40.2. The van der Waals surface area contributed by atoms with Gasteiger partial charge >= 0.3 is 0 Å². The van der Waals surface area contributed by atoms with E-state index in [1.165, 1.54) is 0 Å². The van der Waals surface area contributed by atoms with E-state index in [9.17, 15) is 66.1 Å². The summed E-state index contributed by atoms with van der Waals surface area (Å²) in [4.78, 5) is 13.7. The largest absolute Gasteiger partial charge is 0.394 e. The van der Waals surface area contributed by atoms with Crippen molar-refractivity contribution in [1.29, 1.82) is 0 Å². The lowest BCUT2D eigenvalue weighted by Gasteiger charge is -2.67. The SMILES string of the molecule is C[C@H](CCC(=O)C(C)(C)O[C@@H]1O[C@H](CO)[C@@H](O)[C@H](O)[C@H]1O)[C@H]1CC[C@@]2(C)[C@@H]3CC=C4[C@@H](CC[C@H](O[C@@H]5O[C@H](CO[C@@H]6O[C@H](CO)[C@@H](O)[C@H](O)[C@H]6O)[C@@H](O)[C@H](O)[C@H]5O)C4(C)C)[C@]3(C)[C@H](O)C[C@]12C. The third-order valence-corrected chi connectivity index (χ3v) is 18.6. The molecule has 0 spiro atoms. The number of ketones is 1. The van der Waals surface area contributed by atoms with Gasteiger partial charge in [-0.1, -0.05) is 53.2 Å². The average molecular weight is 961 g/mol. The Kier molecular flexibility index (Phi) is 15.7. The van der Waals surface area contributed by atoms with Crippen LogP contribution in [0.1, 0.15) is 107 Å². The molecule has 12 N–H and O–H groups in total. The van der Waals surface area contributed by atoms with Gasteiger partial charge < -0.3 is 89.7 Å². The van der Waals surface area contributed by atoms with E-state index in [-0.39, 0.29) is 46.7 Å². The molecule has 0 aromatic rings. The summed E-state index contributed by atoms with van der Waals surface area (Å²) in [6.45, 7) is 14.7. The van der Waals surface area contributed by atoms with Gasteiger partial charge in [-0.3, -0.25) is 4.79 Å². The Bertz CT molecular complexity index is 1760. The number of aliphatic hydroxyl groups excluding tert-OH is 12. The van der Waals surface area contributed by atoms with E-state index < -0.39 is 141 Å². The number of carbonyl (C=O) groups excluding carboxylic acids is 1. The highest BCUT2D eigenvalue weighted by Crippen LogP contribution is 2.75. The maximum Gasteiger partial charge on any atom is 0.187 e. The second-order valence-electron chi connectivity index (χ2n) is 22.8. The Hall–Kier alpha value is -1.31. The first-order valence-corrected chi connectivity index (χ1v) is 24.4. The Labute approximate surface area is 393 Å². The van der Waals surface area contributed by atoms with Crippen LogP contribution >= 0.6 is 0 Å². The van der Waals surface area contributed by atoms with Crippen LogP contribution in [0, 0.1) is 45.3 Å². The highest BCUT2D eigenvalue weighted by Gasteiger charge is 2.70. The van der Waals surface area contributed by atoms with Crippen LogP contribution in [0.2, 0.25) is 0 Å². The van der Waals surface area contributed by atoms with Crippen molar-refractivity contribution >= 4 is 5.78 Å². The van der Waals surface area contributed by atoms with Gasteiger partial charge in [0.25, 0.3) is 0 Å². The number of hydrogen-bond acceptors (Lipinski definition) is 19. The zero-order chi connectivity index (χ0) is 49.5. The molecule has 67 heavy (non-hydrogen) atoms. The van der Waals surface area contributed by atoms with Gasteiger partial charge in [-0.25, -0.2) is 0 Å². The van der Waals surface area contributed by atoms with Gasteiger partial charge in [0.05, 0.1) is 32.0 Å². The van der Waals surface area contributed by atoms with Gasteiger partial charge in [0.1, 0.15) is 78.8 Å². The lowest BCUT2D eigenvalue weighted by molar-refractivity contribution is -0.340. The van der Waals surface area contributed by atoms with Crippen LogP contribution in [0.15, 0.2) is 11.6 Å². The summed E-state index contributed by atoms with van der Waals surface area (Å²) in [7, 11) is 0. The Morgan fingerprint density at radius 3 is 1.85 bits per heavy atom. The average Bonchev–Trinajstić information content (AvgIpc) is 3.55. The molecule has 0 unspecified atom stereocenters. The molecule has 0 aromatic carbocycles. The fourth-order valence-corrected chi connectivity index (χ4v) is 14.0. The number of fused-ring (bicyclic) bond motifs is 5. The molecule has 3 saturated carbocycles. The molecule has 0 radical (unpaired) electrons. The fourth-order valence-electron chi connectivity index (χ4n) is 14.0. The first-order valence-electron chi connectivity index (χ1n) is 24.4. The highest BCUT2D eigenvalue weighted by atomic mass is 16.7. The Morgan fingerprint density at radius 1 is 0.716 bits per heavy atom. The fraction of sp³-hybridized carbons (Fsp3) is 0.938. The molecular weight excluding hydrogens is 881 g/mol. The monoisotopic (exact) mass is 961 g/mol. The van der Waals surface area contributed by atoms with E-state index in [1.54, 1.807) is 13.8 Å². The number of carbonyl (C=O) groups is 1. The van der Waals surface area contributed by atoms with E-state index in [4.69, 9.17) is 28.4 Å². The summed E-state index contributed by atoms with van der Waals surface area (Å²) in [5, 5.41) is 126. The number of Topliss-reactive ketones (excluding diaryl/α,β-unsaturated/α-hetero) is 1. The van der Waals surface area contributed by atoms with Crippen LogP contribution < -0.4 is 0 Å². The molecule has 7 aliphatic rings. The highest BCUT2D eigenvalue weighted by molar-refractivity contribution is 5.86. The van der Waals surface area contributed by atoms with Gasteiger partial charge in [0.2, 0.25) is 0 Å². The Morgan fingerprint density at radius 2 is 1.25 bits per heavy atom. The van der Waals surface area contributed by atoms with Crippen LogP contribution in [0.4, 0.5) is 0 Å². The normalized spacial score (nSPS) is 50.4. The van der Waals surface area contributed by atoms with Crippen molar-refractivity contribution in [2.45, 2.75) is 217 Å². The van der Waals surface area contributed by atoms with E-state index in [0.717, 1.165) is 24.8 Å². The molecule has 4 aliphatic carbocycles. The molecular formula is C48H80O19. The van der Waals surface area contributed by atoms with E-state index in [2.05, 4.69) is 47.6 Å². The zero-order valence-corrected chi connectivity index (χ0v) is 40.2. The lowest BCUT2D eigenvalue weighted by Crippen LogP contribution is -2.65. The summed E-state index contributed by atoms with van der Waals surface area (Å²) in [5.41, 5.74) is -1.72.